The summed E-state index contributed by atoms with van der Waals surface area (Å²) in [5.41, 5.74) is -0.806. The second-order valence-electron chi connectivity index (χ2n) is 9.16. The Balaban J connectivity index is 1.95. The van der Waals surface area contributed by atoms with Gasteiger partial charge in [-0.05, 0) is 38.5 Å². The maximum Gasteiger partial charge on any atom is 0.166 e. The minimum Gasteiger partial charge on any atom is -0.381 e. The molecule has 138 valence electrons. The lowest BCUT2D eigenvalue weighted by Crippen LogP contribution is -2.43. The Morgan fingerprint density at radius 2 is 1.67 bits per heavy atom. The van der Waals surface area contributed by atoms with Crippen LogP contribution in [0.25, 0.3) is 0 Å². The van der Waals surface area contributed by atoms with Crippen molar-refractivity contribution < 1.29 is 19.1 Å². The van der Waals surface area contributed by atoms with Crippen LogP contribution in [0.15, 0.2) is 0 Å². The van der Waals surface area contributed by atoms with E-state index in [2.05, 4.69) is 0 Å². The van der Waals surface area contributed by atoms with Crippen LogP contribution in [0.2, 0.25) is 0 Å². The lowest BCUT2D eigenvalue weighted by Gasteiger charge is -2.37. The Labute approximate surface area is 146 Å². The molecular weight excluding hydrogens is 304 g/mol. The predicted molar refractivity (Wildman–Crippen MR) is 93.9 cm³/mol. The molecule has 3 unspecified atom stereocenters. The summed E-state index contributed by atoms with van der Waals surface area (Å²) < 4.78 is 11.6. The van der Waals surface area contributed by atoms with Gasteiger partial charge in [-0.2, -0.15) is 0 Å². The molecule has 0 bridgehead atoms. The van der Waals surface area contributed by atoms with Crippen molar-refractivity contribution in [2.24, 2.45) is 16.7 Å². The fraction of sp³-hybridized carbons (Fsp3) is 0.900. The highest BCUT2D eigenvalue weighted by Crippen LogP contribution is 2.35. The fourth-order valence-corrected chi connectivity index (χ4v) is 3.90. The van der Waals surface area contributed by atoms with Gasteiger partial charge >= 0.3 is 0 Å². The third kappa shape index (κ3) is 4.89. The summed E-state index contributed by atoms with van der Waals surface area (Å²) >= 11 is 0. The summed E-state index contributed by atoms with van der Waals surface area (Å²) in [6, 6.07) is 0. The second kappa shape index (κ2) is 7.65. The van der Waals surface area contributed by atoms with Gasteiger partial charge in [-0.1, -0.05) is 34.6 Å². The average molecular weight is 338 g/mol. The molecule has 0 aromatic heterocycles. The van der Waals surface area contributed by atoms with Crippen molar-refractivity contribution in [2.45, 2.75) is 85.4 Å². The minimum absolute atomic E-state index is 0.00138. The molecule has 0 amide bonds. The van der Waals surface area contributed by atoms with Crippen LogP contribution >= 0.6 is 0 Å². The Bertz CT molecular complexity index is 455. The van der Waals surface area contributed by atoms with Crippen LogP contribution in [0.5, 0.6) is 0 Å². The zero-order valence-corrected chi connectivity index (χ0v) is 16.0. The zero-order valence-electron chi connectivity index (χ0n) is 16.0. The molecule has 2 aliphatic rings. The molecule has 0 aromatic rings. The SMILES string of the molecule is CC(C)(C)C(=O)C1CCCC(CC(C)(C)C(=O)C2CCCOC2)O1. The van der Waals surface area contributed by atoms with Crippen LogP contribution in [0.1, 0.15) is 73.1 Å². The molecule has 0 radical (unpaired) electrons. The molecule has 0 saturated carbocycles. The van der Waals surface area contributed by atoms with Crippen molar-refractivity contribution >= 4 is 11.6 Å². The van der Waals surface area contributed by atoms with E-state index in [1.807, 2.05) is 34.6 Å². The van der Waals surface area contributed by atoms with Crippen LogP contribution in [-0.4, -0.2) is 37.0 Å². The first-order valence-corrected chi connectivity index (χ1v) is 9.43. The maximum absolute atomic E-state index is 12.9. The number of ketones is 2. The molecule has 24 heavy (non-hydrogen) atoms. The van der Waals surface area contributed by atoms with E-state index >= 15 is 0 Å². The van der Waals surface area contributed by atoms with Crippen LogP contribution in [-0.2, 0) is 19.1 Å². The van der Waals surface area contributed by atoms with Crippen molar-refractivity contribution in [1.82, 2.24) is 0 Å². The number of Topliss-reactive ketones (excluding diaryl/α,β-unsaturated/α-hetero) is 2. The summed E-state index contributed by atoms with van der Waals surface area (Å²) in [6.07, 6.45) is 5.01. The number of ether oxygens (including phenoxy) is 2. The summed E-state index contributed by atoms with van der Waals surface area (Å²) in [5, 5.41) is 0. The van der Waals surface area contributed by atoms with Crippen LogP contribution in [0.4, 0.5) is 0 Å². The summed E-state index contributed by atoms with van der Waals surface area (Å²) in [6.45, 7) is 11.2. The average Bonchev–Trinajstić information content (AvgIpc) is 2.53. The van der Waals surface area contributed by atoms with Gasteiger partial charge in [-0.3, -0.25) is 9.59 Å². The topological polar surface area (TPSA) is 52.6 Å². The van der Waals surface area contributed by atoms with Gasteiger partial charge in [0.1, 0.15) is 11.9 Å². The Hall–Kier alpha value is -0.740. The molecule has 3 atom stereocenters. The maximum atomic E-state index is 12.9. The molecule has 2 rings (SSSR count). The molecule has 2 heterocycles. The Morgan fingerprint density at radius 3 is 2.25 bits per heavy atom. The van der Waals surface area contributed by atoms with Crippen LogP contribution < -0.4 is 0 Å². The fourth-order valence-electron chi connectivity index (χ4n) is 3.90. The molecule has 4 heteroatoms. The largest absolute Gasteiger partial charge is 0.381 e. The van der Waals surface area contributed by atoms with Crippen molar-refractivity contribution in [3.8, 4) is 0 Å². The van der Waals surface area contributed by atoms with Gasteiger partial charge in [-0.25, -0.2) is 0 Å². The molecular formula is C20H34O4. The van der Waals surface area contributed by atoms with E-state index in [1.165, 1.54) is 0 Å². The van der Waals surface area contributed by atoms with Gasteiger partial charge < -0.3 is 9.47 Å². The predicted octanol–water partition coefficient (Wildman–Crippen LogP) is 3.95. The standard InChI is InChI=1S/C20H34O4/c1-19(2,3)18(22)16-10-6-9-15(24-16)12-20(4,5)17(21)14-8-7-11-23-13-14/h14-16H,6-13H2,1-5H3. The molecule has 0 spiro atoms. The van der Waals surface area contributed by atoms with Crippen LogP contribution in [0.3, 0.4) is 0 Å². The van der Waals surface area contributed by atoms with Gasteiger partial charge in [0.15, 0.2) is 5.78 Å². The Kier molecular flexibility index (Phi) is 6.24. The Morgan fingerprint density at radius 1 is 0.958 bits per heavy atom. The van der Waals surface area contributed by atoms with Gasteiger partial charge in [-0.15, -0.1) is 0 Å². The monoisotopic (exact) mass is 338 g/mol. The molecule has 2 aliphatic heterocycles. The molecule has 4 nitrogen and oxygen atoms in total. The van der Waals surface area contributed by atoms with Crippen molar-refractivity contribution in [2.75, 3.05) is 13.2 Å². The second-order valence-corrected chi connectivity index (χ2v) is 9.16. The molecule has 2 fully saturated rings. The summed E-state index contributed by atoms with van der Waals surface area (Å²) in [4.78, 5) is 25.4. The molecule has 0 N–H and O–H groups in total. The highest BCUT2D eigenvalue weighted by Gasteiger charge is 2.40. The highest BCUT2D eigenvalue weighted by molar-refractivity contribution is 5.88. The van der Waals surface area contributed by atoms with Crippen molar-refractivity contribution in [3.05, 3.63) is 0 Å². The van der Waals surface area contributed by atoms with E-state index in [-0.39, 0.29) is 35.1 Å². The van der Waals surface area contributed by atoms with Crippen LogP contribution in [0, 0.1) is 16.7 Å². The highest BCUT2D eigenvalue weighted by atomic mass is 16.5. The number of hydrogen-bond acceptors (Lipinski definition) is 4. The smallest absolute Gasteiger partial charge is 0.166 e. The van der Waals surface area contributed by atoms with Crippen molar-refractivity contribution in [1.29, 1.82) is 0 Å². The molecule has 0 aromatic carbocycles. The van der Waals surface area contributed by atoms with E-state index in [4.69, 9.17) is 9.47 Å². The normalized spacial score (nSPS) is 29.3. The first-order valence-electron chi connectivity index (χ1n) is 9.43. The van der Waals surface area contributed by atoms with Crippen molar-refractivity contribution in [3.63, 3.8) is 0 Å². The van der Waals surface area contributed by atoms with E-state index in [9.17, 15) is 9.59 Å². The molecule has 0 aliphatic carbocycles. The first-order chi connectivity index (χ1) is 11.1. The first kappa shape index (κ1) is 19.6. The van der Waals surface area contributed by atoms with Gasteiger partial charge in [0.2, 0.25) is 0 Å². The van der Waals surface area contributed by atoms with Gasteiger partial charge in [0, 0.05) is 23.4 Å². The zero-order chi connectivity index (χ0) is 18.0. The quantitative estimate of drug-likeness (QED) is 0.761. The van der Waals surface area contributed by atoms with Gasteiger partial charge in [0.25, 0.3) is 0 Å². The van der Waals surface area contributed by atoms with Gasteiger partial charge in [0.05, 0.1) is 12.7 Å². The number of hydrogen-bond donors (Lipinski definition) is 0. The minimum atomic E-state index is -0.428. The number of carbonyl (C=O) groups is 2. The number of rotatable bonds is 5. The summed E-state index contributed by atoms with van der Waals surface area (Å²) in [7, 11) is 0. The molecule has 2 saturated heterocycles. The van der Waals surface area contributed by atoms with E-state index < -0.39 is 5.41 Å². The summed E-state index contributed by atoms with van der Waals surface area (Å²) in [5.74, 6) is 0.483. The number of carbonyl (C=O) groups excluding carboxylic acids is 2. The third-order valence-electron chi connectivity index (χ3n) is 5.32. The third-order valence-corrected chi connectivity index (χ3v) is 5.32. The lowest BCUT2D eigenvalue weighted by molar-refractivity contribution is -0.151. The van der Waals surface area contributed by atoms with E-state index in [0.29, 0.717) is 13.0 Å². The van der Waals surface area contributed by atoms with E-state index in [1.54, 1.807) is 0 Å². The van der Waals surface area contributed by atoms with E-state index in [0.717, 1.165) is 38.7 Å². The lowest BCUT2D eigenvalue weighted by atomic mass is 9.74.